The molecule has 10 heteroatoms. The van der Waals surface area contributed by atoms with Crippen LogP contribution in [0.15, 0.2) is 54.6 Å². The molecule has 2 saturated heterocycles. The molecule has 37 heavy (non-hydrogen) atoms. The third-order valence-electron chi connectivity index (χ3n) is 7.10. The molecular formula is C27H30ClFN4O4. The molecule has 2 fully saturated rings. The number of rotatable bonds is 6. The van der Waals surface area contributed by atoms with Crippen LogP contribution in [0, 0.1) is 5.82 Å². The average Bonchev–Trinajstić information content (AvgIpc) is 3.15. The summed E-state index contributed by atoms with van der Waals surface area (Å²) in [7, 11) is 1.77. The van der Waals surface area contributed by atoms with Crippen LogP contribution < -0.4 is 5.32 Å². The standard InChI is InChI=1S/C27H30ClFN4O4/c1-26(2)24-30-21(23-31-22(28)20(32(23)3)15-17-9-11-19(29)12-10-17)27(35,25(34)33(24)13-14-36-26)37-16-18-7-5-4-6-8-18/h4-12,21,24,30,35H,13-16H2,1-3H3. The smallest absolute Gasteiger partial charge is 0.286 e. The lowest BCUT2D eigenvalue weighted by Crippen LogP contribution is -2.76. The highest BCUT2D eigenvalue weighted by atomic mass is 35.5. The van der Waals surface area contributed by atoms with Crippen molar-refractivity contribution in [3.63, 3.8) is 0 Å². The highest BCUT2D eigenvalue weighted by Gasteiger charge is 2.60. The Kier molecular flexibility index (Phi) is 6.84. The highest BCUT2D eigenvalue weighted by Crippen LogP contribution is 2.40. The fraction of sp³-hybridized carbons (Fsp3) is 0.407. The summed E-state index contributed by atoms with van der Waals surface area (Å²) >= 11 is 6.57. The first-order valence-electron chi connectivity index (χ1n) is 12.2. The minimum absolute atomic E-state index is 0.0141. The predicted octanol–water partition coefficient (Wildman–Crippen LogP) is 3.32. The van der Waals surface area contributed by atoms with E-state index in [0.29, 0.717) is 31.1 Å². The monoisotopic (exact) mass is 528 g/mol. The number of aliphatic hydroxyl groups is 1. The van der Waals surface area contributed by atoms with Gasteiger partial charge in [0, 0.05) is 20.0 Å². The number of benzene rings is 2. The topological polar surface area (TPSA) is 88.9 Å². The second-order valence-electron chi connectivity index (χ2n) is 9.99. The van der Waals surface area contributed by atoms with Crippen LogP contribution >= 0.6 is 11.6 Å². The van der Waals surface area contributed by atoms with E-state index in [9.17, 15) is 14.3 Å². The van der Waals surface area contributed by atoms with Crippen molar-refractivity contribution in [3.8, 4) is 0 Å². The van der Waals surface area contributed by atoms with Crippen LogP contribution in [-0.2, 0) is 34.3 Å². The Bertz CT molecular complexity index is 1280. The van der Waals surface area contributed by atoms with Crippen molar-refractivity contribution >= 4 is 17.5 Å². The predicted molar refractivity (Wildman–Crippen MR) is 135 cm³/mol. The summed E-state index contributed by atoms with van der Waals surface area (Å²) in [6.07, 6.45) is -0.146. The summed E-state index contributed by atoms with van der Waals surface area (Å²) in [6.45, 7) is 4.44. The van der Waals surface area contributed by atoms with E-state index in [4.69, 9.17) is 21.1 Å². The summed E-state index contributed by atoms with van der Waals surface area (Å²) in [5.41, 5.74) is 1.58. The summed E-state index contributed by atoms with van der Waals surface area (Å²) < 4.78 is 27.1. The SMILES string of the molecule is Cn1c(C2NC3N(CCOC3(C)C)C(=O)C2(O)OCc2ccccc2)nc(Cl)c1Cc1ccc(F)cc1. The molecule has 3 atom stereocenters. The van der Waals surface area contributed by atoms with Gasteiger partial charge in [0.2, 0.25) is 0 Å². The van der Waals surface area contributed by atoms with Crippen LogP contribution in [0.1, 0.15) is 42.5 Å². The van der Waals surface area contributed by atoms with Gasteiger partial charge in [-0.05, 0) is 37.1 Å². The number of hydrogen-bond donors (Lipinski definition) is 2. The zero-order valence-electron chi connectivity index (χ0n) is 20.9. The first kappa shape index (κ1) is 25.8. The Morgan fingerprint density at radius 3 is 2.59 bits per heavy atom. The number of morpholine rings is 1. The molecule has 2 aliphatic rings. The first-order chi connectivity index (χ1) is 17.6. The average molecular weight is 529 g/mol. The number of amides is 1. The normalized spacial score (nSPS) is 25.2. The molecule has 2 aromatic carbocycles. The minimum Gasteiger partial charge on any atom is -0.370 e. The van der Waals surface area contributed by atoms with Gasteiger partial charge in [-0.2, -0.15) is 0 Å². The second-order valence-corrected chi connectivity index (χ2v) is 10.4. The summed E-state index contributed by atoms with van der Waals surface area (Å²) in [6, 6.07) is 14.4. The van der Waals surface area contributed by atoms with Gasteiger partial charge in [-0.3, -0.25) is 10.1 Å². The number of nitrogens with one attached hydrogen (secondary N) is 1. The van der Waals surface area contributed by atoms with Gasteiger partial charge in [0.05, 0.1) is 24.5 Å². The maximum Gasteiger partial charge on any atom is 0.286 e. The Balaban J connectivity index is 1.53. The van der Waals surface area contributed by atoms with Crippen molar-refractivity contribution < 1.29 is 23.8 Å². The molecule has 2 aliphatic heterocycles. The molecule has 3 heterocycles. The maximum atomic E-state index is 13.9. The number of halogens is 2. The van der Waals surface area contributed by atoms with E-state index in [0.717, 1.165) is 11.1 Å². The van der Waals surface area contributed by atoms with E-state index in [2.05, 4.69) is 10.3 Å². The van der Waals surface area contributed by atoms with Crippen LogP contribution in [0.4, 0.5) is 4.39 Å². The molecule has 0 saturated carbocycles. The molecule has 0 bridgehead atoms. The first-order valence-corrected chi connectivity index (χ1v) is 12.5. The zero-order valence-corrected chi connectivity index (χ0v) is 21.7. The van der Waals surface area contributed by atoms with Gasteiger partial charge >= 0.3 is 0 Å². The Hall–Kier alpha value is -2.82. The molecule has 3 aromatic rings. The van der Waals surface area contributed by atoms with Crippen molar-refractivity contribution in [1.29, 1.82) is 0 Å². The van der Waals surface area contributed by atoms with Gasteiger partial charge in [-0.1, -0.05) is 54.1 Å². The van der Waals surface area contributed by atoms with Gasteiger partial charge < -0.3 is 24.0 Å². The third kappa shape index (κ3) is 4.78. The molecule has 0 radical (unpaired) electrons. The molecule has 1 aromatic heterocycles. The fourth-order valence-electron chi connectivity index (χ4n) is 5.02. The van der Waals surface area contributed by atoms with Gasteiger partial charge in [0.15, 0.2) is 5.15 Å². The van der Waals surface area contributed by atoms with E-state index in [1.54, 1.807) is 28.6 Å². The fourth-order valence-corrected chi connectivity index (χ4v) is 5.30. The molecule has 8 nitrogen and oxygen atoms in total. The number of aromatic nitrogens is 2. The number of nitrogens with zero attached hydrogens (tertiary/aromatic N) is 3. The van der Waals surface area contributed by atoms with Crippen LogP contribution in [-0.4, -0.2) is 56.2 Å². The number of hydrogen-bond acceptors (Lipinski definition) is 6. The Morgan fingerprint density at radius 2 is 1.89 bits per heavy atom. The zero-order chi connectivity index (χ0) is 26.4. The maximum absolute atomic E-state index is 13.9. The van der Waals surface area contributed by atoms with Crippen molar-refractivity contribution in [1.82, 2.24) is 19.8 Å². The van der Waals surface area contributed by atoms with E-state index < -0.39 is 29.5 Å². The van der Waals surface area contributed by atoms with Gasteiger partial charge in [0.1, 0.15) is 23.8 Å². The number of fused-ring (bicyclic) bond motifs is 1. The largest absolute Gasteiger partial charge is 0.370 e. The number of ether oxygens (including phenoxy) is 2. The molecule has 0 aliphatic carbocycles. The lowest BCUT2D eigenvalue weighted by Gasteiger charge is -2.54. The van der Waals surface area contributed by atoms with Crippen LogP contribution in [0.25, 0.3) is 0 Å². The number of carbonyl (C=O) groups is 1. The van der Waals surface area contributed by atoms with Crippen molar-refractivity contribution in [2.45, 2.75) is 50.5 Å². The minimum atomic E-state index is -2.25. The molecular weight excluding hydrogens is 499 g/mol. The molecule has 3 unspecified atom stereocenters. The van der Waals surface area contributed by atoms with E-state index in [1.807, 2.05) is 44.2 Å². The van der Waals surface area contributed by atoms with E-state index in [-0.39, 0.29) is 17.6 Å². The number of carbonyl (C=O) groups excluding carboxylic acids is 1. The quantitative estimate of drug-likeness (QED) is 0.477. The number of imidazole rings is 1. The second kappa shape index (κ2) is 9.81. The van der Waals surface area contributed by atoms with Crippen molar-refractivity contribution in [2.24, 2.45) is 7.05 Å². The lowest BCUT2D eigenvalue weighted by atomic mass is 9.92. The molecule has 1 amide bonds. The summed E-state index contributed by atoms with van der Waals surface area (Å²) in [5.74, 6) is -2.80. The Labute approximate surface area is 220 Å². The molecule has 5 rings (SSSR count). The van der Waals surface area contributed by atoms with Gasteiger partial charge in [0.25, 0.3) is 11.7 Å². The molecule has 2 N–H and O–H groups in total. The van der Waals surface area contributed by atoms with Gasteiger partial charge in [-0.25, -0.2) is 9.37 Å². The molecule has 0 spiro atoms. The van der Waals surface area contributed by atoms with Crippen LogP contribution in [0.5, 0.6) is 0 Å². The Morgan fingerprint density at radius 1 is 1.19 bits per heavy atom. The van der Waals surface area contributed by atoms with Gasteiger partial charge in [-0.15, -0.1) is 0 Å². The van der Waals surface area contributed by atoms with E-state index in [1.165, 1.54) is 12.1 Å². The lowest BCUT2D eigenvalue weighted by molar-refractivity contribution is -0.268. The summed E-state index contributed by atoms with van der Waals surface area (Å²) in [4.78, 5) is 20.0. The summed E-state index contributed by atoms with van der Waals surface area (Å²) in [5, 5.41) is 15.5. The third-order valence-corrected chi connectivity index (χ3v) is 7.41. The van der Waals surface area contributed by atoms with E-state index >= 15 is 0 Å². The van der Waals surface area contributed by atoms with Crippen LogP contribution in [0.2, 0.25) is 5.15 Å². The highest BCUT2D eigenvalue weighted by molar-refractivity contribution is 6.30. The molecule has 196 valence electrons. The van der Waals surface area contributed by atoms with Crippen molar-refractivity contribution in [2.75, 3.05) is 13.2 Å². The van der Waals surface area contributed by atoms with Crippen LogP contribution in [0.3, 0.4) is 0 Å². The van der Waals surface area contributed by atoms with Crippen molar-refractivity contribution in [3.05, 3.63) is 88.2 Å².